The number of nitrogens with one attached hydrogen (secondary N) is 2. The lowest BCUT2D eigenvalue weighted by Crippen LogP contribution is -2.48. The van der Waals surface area contributed by atoms with Crippen molar-refractivity contribution in [1.29, 1.82) is 0 Å². The SMILES string of the molecule is CC1CC(F)(c2cccnc2C2(S(=O)(=O)Nc3cccc4cnn(C)c34)C=NNC2)C1. The zero-order chi connectivity index (χ0) is 21.9. The molecule has 31 heavy (non-hydrogen) atoms. The maximum absolute atomic E-state index is 15.7. The van der Waals surface area contributed by atoms with Crippen LogP contribution in [0.4, 0.5) is 10.1 Å². The molecule has 162 valence electrons. The van der Waals surface area contributed by atoms with E-state index in [2.05, 4.69) is 25.3 Å². The molecule has 2 aliphatic rings. The van der Waals surface area contributed by atoms with Gasteiger partial charge in [0.05, 0.1) is 35.9 Å². The van der Waals surface area contributed by atoms with Gasteiger partial charge in [0.1, 0.15) is 5.67 Å². The monoisotopic (exact) mass is 442 g/mol. The molecule has 2 aromatic heterocycles. The smallest absolute Gasteiger partial charge is 0.251 e. The van der Waals surface area contributed by atoms with E-state index in [0.717, 1.165) is 5.39 Å². The quantitative estimate of drug-likeness (QED) is 0.633. The van der Waals surface area contributed by atoms with Gasteiger partial charge in [0, 0.05) is 24.2 Å². The van der Waals surface area contributed by atoms with E-state index in [9.17, 15) is 8.42 Å². The number of fused-ring (bicyclic) bond motifs is 1. The molecule has 1 atom stereocenters. The number of halogens is 1. The third-order valence-electron chi connectivity index (χ3n) is 6.23. The zero-order valence-corrected chi connectivity index (χ0v) is 18.0. The molecule has 1 aromatic carbocycles. The number of hydrogen-bond donors (Lipinski definition) is 2. The lowest BCUT2D eigenvalue weighted by atomic mass is 9.68. The highest BCUT2D eigenvalue weighted by Gasteiger charge is 2.54. The predicted octanol–water partition coefficient (Wildman–Crippen LogP) is 2.79. The Morgan fingerprint density at radius 1 is 1.26 bits per heavy atom. The van der Waals surface area contributed by atoms with Crippen molar-refractivity contribution < 1.29 is 12.8 Å². The van der Waals surface area contributed by atoms with Crippen molar-refractivity contribution in [3.8, 4) is 0 Å². The fourth-order valence-corrected chi connectivity index (χ4v) is 6.22. The van der Waals surface area contributed by atoms with Crippen LogP contribution in [0.3, 0.4) is 0 Å². The molecule has 1 aliphatic heterocycles. The Morgan fingerprint density at radius 2 is 2.06 bits per heavy atom. The number of benzene rings is 1. The number of rotatable bonds is 5. The second-order valence-electron chi connectivity index (χ2n) is 8.48. The molecule has 0 bridgehead atoms. The van der Waals surface area contributed by atoms with Gasteiger partial charge < -0.3 is 5.43 Å². The normalized spacial score (nSPS) is 27.8. The summed E-state index contributed by atoms with van der Waals surface area (Å²) in [4.78, 5) is 4.38. The summed E-state index contributed by atoms with van der Waals surface area (Å²) in [6, 6.07) is 8.58. The lowest BCUT2D eigenvalue weighted by molar-refractivity contribution is 0.00998. The van der Waals surface area contributed by atoms with Crippen LogP contribution in [-0.4, -0.2) is 35.9 Å². The molecule has 1 aliphatic carbocycles. The number of alkyl halides is 1. The average molecular weight is 443 g/mol. The molecule has 1 unspecified atom stereocenters. The minimum absolute atomic E-state index is 0.0423. The number of hydrogen-bond acceptors (Lipinski definition) is 6. The molecule has 0 saturated heterocycles. The Hall–Kier alpha value is -3.01. The molecule has 8 nitrogen and oxygen atoms in total. The minimum atomic E-state index is -4.13. The van der Waals surface area contributed by atoms with Gasteiger partial charge >= 0.3 is 0 Å². The van der Waals surface area contributed by atoms with E-state index in [4.69, 9.17) is 0 Å². The second-order valence-corrected chi connectivity index (χ2v) is 10.4. The highest BCUT2D eigenvalue weighted by molar-refractivity contribution is 7.94. The van der Waals surface area contributed by atoms with Crippen molar-refractivity contribution in [3.63, 3.8) is 0 Å². The number of para-hydroxylation sites is 1. The van der Waals surface area contributed by atoms with Crippen LogP contribution in [0, 0.1) is 5.92 Å². The van der Waals surface area contributed by atoms with Gasteiger partial charge in [0.15, 0.2) is 4.75 Å². The van der Waals surface area contributed by atoms with Crippen LogP contribution in [0.1, 0.15) is 31.0 Å². The van der Waals surface area contributed by atoms with E-state index < -0.39 is 20.4 Å². The highest BCUT2D eigenvalue weighted by Crippen LogP contribution is 2.51. The van der Waals surface area contributed by atoms with Crippen molar-refractivity contribution in [1.82, 2.24) is 20.2 Å². The number of pyridine rings is 1. The Bertz CT molecular complexity index is 1300. The van der Waals surface area contributed by atoms with Crippen molar-refractivity contribution in [2.45, 2.75) is 30.2 Å². The van der Waals surface area contributed by atoms with Crippen LogP contribution in [0.5, 0.6) is 0 Å². The van der Waals surface area contributed by atoms with Crippen LogP contribution in [0.15, 0.2) is 47.8 Å². The van der Waals surface area contributed by atoms with Gasteiger partial charge in [-0.2, -0.15) is 10.2 Å². The first-order valence-electron chi connectivity index (χ1n) is 10.1. The molecule has 3 heterocycles. The first-order valence-corrected chi connectivity index (χ1v) is 11.6. The summed E-state index contributed by atoms with van der Waals surface area (Å²) >= 11 is 0. The Balaban J connectivity index is 1.64. The van der Waals surface area contributed by atoms with Crippen molar-refractivity contribution in [2.24, 2.45) is 18.1 Å². The number of aromatic nitrogens is 3. The summed E-state index contributed by atoms with van der Waals surface area (Å²) < 4.78 is 46.0. The van der Waals surface area contributed by atoms with Crippen molar-refractivity contribution >= 4 is 32.8 Å². The first-order chi connectivity index (χ1) is 14.8. The largest absolute Gasteiger partial charge is 0.308 e. The summed E-state index contributed by atoms with van der Waals surface area (Å²) in [6.07, 6.45) is 5.16. The molecule has 3 aromatic rings. The van der Waals surface area contributed by atoms with E-state index >= 15 is 4.39 Å². The van der Waals surface area contributed by atoms with Crippen LogP contribution >= 0.6 is 0 Å². The molecule has 0 spiro atoms. The van der Waals surface area contributed by atoms with E-state index in [1.165, 1.54) is 12.4 Å². The van der Waals surface area contributed by atoms with Gasteiger partial charge in [-0.25, -0.2) is 12.8 Å². The molecular weight excluding hydrogens is 419 g/mol. The molecule has 10 heteroatoms. The van der Waals surface area contributed by atoms with Gasteiger partial charge in [-0.05, 0) is 30.9 Å². The standard InChI is InChI=1S/C21H23FN6O2S/c1-14-9-20(22,10-14)16-6-4-8-23-19(16)21(12-24-25-13-21)31(29,30)27-17-7-3-5-15-11-26-28(2)18(15)17/h3-8,11-12,14,25,27H,9-10,13H2,1-2H3. The van der Waals surface area contributed by atoms with Gasteiger partial charge in [0.2, 0.25) is 0 Å². The number of nitrogens with zero attached hydrogens (tertiary/aromatic N) is 4. The van der Waals surface area contributed by atoms with Gasteiger partial charge in [0.25, 0.3) is 10.0 Å². The summed E-state index contributed by atoms with van der Waals surface area (Å²) in [5, 5.41) is 9.02. The molecular formula is C21H23FN6O2S. The fraction of sp³-hybridized carbons (Fsp3) is 0.381. The average Bonchev–Trinajstić information content (AvgIpc) is 3.36. The zero-order valence-electron chi connectivity index (χ0n) is 17.2. The summed E-state index contributed by atoms with van der Waals surface area (Å²) in [6.45, 7) is 1.94. The Morgan fingerprint density at radius 3 is 2.77 bits per heavy atom. The van der Waals surface area contributed by atoms with Gasteiger partial charge in [-0.1, -0.05) is 25.1 Å². The summed E-state index contributed by atoms with van der Waals surface area (Å²) in [5.41, 5.74) is 2.67. The third kappa shape index (κ3) is 2.92. The number of sulfonamides is 1. The van der Waals surface area contributed by atoms with Crippen molar-refractivity contribution in [2.75, 3.05) is 11.3 Å². The van der Waals surface area contributed by atoms with E-state index in [-0.39, 0.29) is 18.2 Å². The van der Waals surface area contributed by atoms with Gasteiger partial charge in [-0.3, -0.25) is 14.4 Å². The Kier molecular flexibility index (Phi) is 4.34. The first kappa shape index (κ1) is 19.9. The van der Waals surface area contributed by atoms with E-state index in [0.29, 0.717) is 29.6 Å². The Labute approximate surface area is 179 Å². The highest BCUT2D eigenvalue weighted by atomic mass is 32.2. The molecule has 0 radical (unpaired) electrons. The van der Waals surface area contributed by atoms with Crippen LogP contribution < -0.4 is 10.1 Å². The number of hydrazone groups is 1. The predicted molar refractivity (Wildman–Crippen MR) is 117 cm³/mol. The maximum Gasteiger partial charge on any atom is 0.251 e. The van der Waals surface area contributed by atoms with Crippen LogP contribution in [-0.2, 0) is 27.5 Å². The van der Waals surface area contributed by atoms with Crippen LogP contribution in [0.2, 0.25) is 0 Å². The number of aryl methyl sites for hydroxylation is 1. The minimum Gasteiger partial charge on any atom is -0.308 e. The maximum atomic E-state index is 15.7. The topological polar surface area (TPSA) is 101 Å². The molecule has 2 N–H and O–H groups in total. The molecule has 1 saturated carbocycles. The number of anilines is 1. The van der Waals surface area contributed by atoms with E-state index in [1.807, 2.05) is 13.0 Å². The third-order valence-corrected chi connectivity index (χ3v) is 8.12. The van der Waals surface area contributed by atoms with E-state index in [1.54, 1.807) is 42.2 Å². The molecule has 0 amide bonds. The lowest BCUT2D eigenvalue weighted by Gasteiger charge is -2.42. The fourth-order valence-electron chi connectivity index (χ4n) is 4.72. The van der Waals surface area contributed by atoms with Crippen molar-refractivity contribution in [3.05, 3.63) is 54.0 Å². The second kappa shape index (κ2) is 6.74. The summed E-state index contributed by atoms with van der Waals surface area (Å²) in [7, 11) is -2.38. The molecule has 5 rings (SSSR count). The molecule has 1 fully saturated rings. The van der Waals surface area contributed by atoms with Crippen LogP contribution in [0.25, 0.3) is 10.9 Å². The van der Waals surface area contributed by atoms with Gasteiger partial charge in [-0.15, -0.1) is 0 Å². The summed E-state index contributed by atoms with van der Waals surface area (Å²) in [5.74, 6) is 0.238.